The molecule has 1 heterocycles. The Bertz CT molecular complexity index is 3320. The zero-order valence-corrected chi connectivity index (χ0v) is 33.9. The molecule has 0 amide bonds. The number of hydrogen-bond donors (Lipinski definition) is 0. The van der Waals surface area contributed by atoms with Crippen molar-refractivity contribution in [1.82, 2.24) is 4.98 Å². The lowest BCUT2D eigenvalue weighted by molar-refractivity contribution is 1.46. The molecule has 286 valence electrons. The van der Waals surface area contributed by atoms with Gasteiger partial charge < -0.3 is 0 Å². The molecule has 0 aliphatic rings. The van der Waals surface area contributed by atoms with E-state index in [1.807, 2.05) is 0 Å². The Balaban J connectivity index is 1.21. The topological polar surface area (TPSA) is 12.9 Å². The summed E-state index contributed by atoms with van der Waals surface area (Å²) in [5.74, 6) is 0. The Hall–Kier alpha value is -7.87. The van der Waals surface area contributed by atoms with Gasteiger partial charge in [0.05, 0.1) is 11.0 Å². The van der Waals surface area contributed by atoms with E-state index < -0.39 is 0 Å². The molecule has 0 saturated carbocycles. The van der Waals surface area contributed by atoms with Gasteiger partial charge >= 0.3 is 0 Å². The second kappa shape index (κ2) is 15.4. The van der Waals surface area contributed by atoms with Crippen molar-refractivity contribution in [3.8, 4) is 33.4 Å². The van der Waals surface area contributed by atoms with Crippen LogP contribution in [0.5, 0.6) is 0 Å². The van der Waals surface area contributed by atoms with E-state index in [1.165, 1.54) is 60.9 Å². The summed E-state index contributed by atoms with van der Waals surface area (Å²) in [7, 11) is 0. The minimum absolute atomic E-state index is 1.02. The Kier molecular flexibility index (Phi) is 9.13. The second-order valence-corrected chi connectivity index (χ2v) is 15.9. The van der Waals surface area contributed by atoms with Crippen LogP contribution in [0.25, 0.3) is 87.9 Å². The number of nitrogens with zero attached hydrogens (tertiary/aromatic N) is 1. The maximum absolute atomic E-state index is 5.51. The maximum Gasteiger partial charge on any atom is 0.0794 e. The van der Waals surface area contributed by atoms with Crippen molar-refractivity contribution < 1.29 is 0 Å². The number of aromatic nitrogens is 1. The van der Waals surface area contributed by atoms with Crippen LogP contribution in [-0.4, -0.2) is 4.98 Å². The van der Waals surface area contributed by atoms with E-state index >= 15 is 0 Å². The average molecular weight is 776 g/mol. The lowest BCUT2D eigenvalue weighted by atomic mass is 9.84. The molecule has 0 N–H and O–H groups in total. The number of benzene rings is 10. The summed E-state index contributed by atoms with van der Waals surface area (Å²) in [6.45, 7) is 2.17. The van der Waals surface area contributed by atoms with Crippen LogP contribution in [0.4, 0.5) is 0 Å². The number of rotatable bonds is 7. The summed E-state index contributed by atoms with van der Waals surface area (Å²) in [5.41, 5.74) is 17.4. The number of hydrogen-bond acceptors (Lipinski definition) is 1. The molecule has 0 bridgehead atoms. The van der Waals surface area contributed by atoms with Crippen molar-refractivity contribution in [1.29, 1.82) is 0 Å². The molecule has 0 radical (unpaired) electrons. The lowest BCUT2D eigenvalue weighted by Crippen LogP contribution is -1.98. The van der Waals surface area contributed by atoms with Crippen LogP contribution in [0.2, 0.25) is 0 Å². The molecular formula is C60H41N. The summed E-state index contributed by atoms with van der Waals surface area (Å²) in [6.07, 6.45) is 0. The van der Waals surface area contributed by atoms with Crippen molar-refractivity contribution >= 4 is 54.5 Å². The molecule has 1 nitrogen and oxygen atoms in total. The van der Waals surface area contributed by atoms with E-state index in [2.05, 4.69) is 237 Å². The van der Waals surface area contributed by atoms with Gasteiger partial charge in [-0.15, -0.1) is 0 Å². The fourth-order valence-corrected chi connectivity index (χ4v) is 9.23. The molecule has 0 fully saturated rings. The highest BCUT2D eigenvalue weighted by Gasteiger charge is 2.20. The van der Waals surface area contributed by atoms with Gasteiger partial charge in [-0.1, -0.05) is 212 Å². The summed E-state index contributed by atoms with van der Waals surface area (Å²) in [5, 5.41) is 6.98. The first-order valence-corrected chi connectivity index (χ1v) is 21.0. The molecule has 0 aliphatic heterocycles. The molecule has 0 aliphatic carbocycles. The van der Waals surface area contributed by atoms with Crippen LogP contribution in [0, 0.1) is 6.92 Å². The van der Waals surface area contributed by atoms with E-state index in [0.29, 0.717) is 0 Å². The van der Waals surface area contributed by atoms with E-state index in [-0.39, 0.29) is 0 Å². The van der Waals surface area contributed by atoms with Gasteiger partial charge in [0.1, 0.15) is 0 Å². The van der Waals surface area contributed by atoms with Crippen LogP contribution in [-0.2, 0) is 0 Å². The van der Waals surface area contributed by atoms with Crippen LogP contribution in [0.1, 0.15) is 27.8 Å². The molecule has 61 heavy (non-hydrogen) atoms. The molecule has 0 saturated heterocycles. The summed E-state index contributed by atoms with van der Waals surface area (Å²) in [4.78, 5) is 5.51. The van der Waals surface area contributed by atoms with Gasteiger partial charge in [-0.3, -0.25) is 0 Å². The van der Waals surface area contributed by atoms with Crippen LogP contribution >= 0.6 is 0 Å². The van der Waals surface area contributed by atoms with Gasteiger partial charge in [0.25, 0.3) is 0 Å². The van der Waals surface area contributed by atoms with Crippen LogP contribution in [0.3, 0.4) is 0 Å². The standard InChI is InChI=1S/C60H41N/c1-40-17-15-26-46(35-40)49-37-50(47-27-16-28-48(36-47)57(45-24-9-4-10-25-45)56(43-20-5-2-6-21-43)44-22-7-3-8-23-44)39-51(38-49)58-54-33-31-41-18-11-13-29-52(41)59(54)61-60-53-30-14-12-19-42(53)32-34-55(58)60/h2-39H,1H3. The zero-order valence-electron chi connectivity index (χ0n) is 33.9. The Morgan fingerprint density at radius 1 is 0.295 bits per heavy atom. The van der Waals surface area contributed by atoms with E-state index in [9.17, 15) is 0 Å². The number of pyridine rings is 1. The van der Waals surface area contributed by atoms with Crippen molar-refractivity contribution in [2.24, 2.45) is 0 Å². The van der Waals surface area contributed by atoms with Crippen LogP contribution < -0.4 is 0 Å². The largest absolute Gasteiger partial charge is 0.246 e. The van der Waals surface area contributed by atoms with E-state index in [1.54, 1.807) is 0 Å². The average Bonchev–Trinajstić information content (AvgIpc) is 3.33. The first-order chi connectivity index (χ1) is 30.2. The highest BCUT2D eigenvalue weighted by atomic mass is 14.7. The van der Waals surface area contributed by atoms with Crippen molar-refractivity contribution in [3.63, 3.8) is 0 Å². The SMILES string of the molecule is Cc1cccc(-c2cc(-c3cccc(C(=C(c4ccccc4)c4ccccc4)c4ccccc4)c3)cc(-c3c4ccc5ccccc5c4nc4c3ccc3ccccc34)c2)c1. The maximum atomic E-state index is 5.51. The normalized spacial score (nSPS) is 11.4. The molecule has 0 atom stereocenters. The third-order valence-corrected chi connectivity index (χ3v) is 12.1. The molecular weight excluding hydrogens is 735 g/mol. The Labute approximate surface area is 356 Å². The van der Waals surface area contributed by atoms with Gasteiger partial charge in [-0.2, -0.15) is 0 Å². The van der Waals surface area contributed by atoms with Crippen molar-refractivity contribution in [2.45, 2.75) is 6.92 Å². The predicted molar refractivity (Wildman–Crippen MR) is 260 cm³/mol. The number of aryl methyl sites for hydroxylation is 1. The molecule has 10 aromatic carbocycles. The van der Waals surface area contributed by atoms with E-state index in [0.717, 1.165) is 54.8 Å². The molecule has 11 rings (SSSR count). The highest BCUT2D eigenvalue weighted by molar-refractivity contribution is 6.21. The molecule has 11 aromatic rings. The lowest BCUT2D eigenvalue weighted by Gasteiger charge is -2.19. The van der Waals surface area contributed by atoms with Gasteiger partial charge in [-0.05, 0) is 103 Å². The van der Waals surface area contributed by atoms with Gasteiger partial charge in [0.15, 0.2) is 0 Å². The molecule has 1 aromatic heterocycles. The summed E-state index contributed by atoms with van der Waals surface area (Å²) < 4.78 is 0. The van der Waals surface area contributed by atoms with E-state index in [4.69, 9.17) is 4.98 Å². The van der Waals surface area contributed by atoms with Gasteiger partial charge in [0.2, 0.25) is 0 Å². The first-order valence-electron chi connectivity index (χ1n) is 21.0. The van der Waals surface area contributed by atoms with Gasteiger partial charge in [0, 0.05) is 27.1 Å². The second-order valence-electron chi connectivity index (χ2n) is 15.9. The Morgan fingerprint density at radius 2 is 0.721 bits per heavy atom. The first kappa shape index (κ1) is 36.2. The molecule has 0 spiro atoms. The number of fused-ring (bicyclic) bond motifs is 6. The van der Waals surface area contributed by atoms with Gasteiger partial charge in [-0.25, -0.2) is 4.98 Å². The predicted octanol–water partition coefficient (Wildman–Crippen LogP) is 16.0. The third kappa shape index (κ3) is 6.67. The Morgan fingerprint density at radius 3 is 1.25 bits per heavy atom. The summed E-state index contributed by atoms with van der Waals surface area (Å²) in [6, 6.07) is 83.9. The highest BCUT2D eigenvalue weighted by Crippen LogP contribution is 2.44. The minimum Gasteiger partial charge on any atom is -0.246 e. The fourth-order valence-electron chi connectivity index (χ4n) is 9.23. The summed E-state index contributed by atoms with van der Waals surface area (Å²) >= 11 is 0. The zero-order chi connectivity index (χ0) is 40.7. The van der Waals surface area contributed by atoms with Crippen molar-refractivity contribution in [2.75, 3.05) is 0 Å². The molecule has 0 unspecified atom stereocenters. The monoisotopic (exact) mass is 775 g/mol. The minimum atomic E-state index is 1.02. The van der Waals surface area contributed by atoms with Crippen molar-refractivity contribution in [3.05, 3.63) is 258 Å². The third-order valence-electron chi connectivity index (χ3n) is 12.1. The van der Waals surface area contributed by atoms with Crippen LogP contribution in [0.15, 0.2) is 231 Å². The quantitative estimate of drug-likeness (QED) is 0.0893. The smallest absolute Gasteiger partial charge is 0.0794 e. The fraction of sp³-hybridized carbons (Fsp3) is 0.0167. The molecule has 1 heteroatoms.